The maximum Gasteiger partial charge on any atom is 0.217 e. The first-order chi connectivity index (χ1) is 63.1. The molecule has 137 heavy (non-hydrogen) atoms. The normalized spacial score (nSPS) is 17.1. The van der Waals surface area contributed by atoms with Gasteiger partial charge in [0.05, 0.1) is 61.2 Å². The Morgan fingerprint density at radius 1 is 0.474 bits per heavy atom. The molecule has 8 atom stereocenters. The fourth-order valence-corrected chi connectivity index (χ4v) is 20.7. The van der Waals surface area contributed by atoms with Gasteiger partial charge in [-0.3, -0.25) is 9.36 Å². The molecule has 8 heterocycles. The average Bonchev–Trinajstić information content (AvgIpc) is 1.76. The van der Waals surface area contributed by atoms with Crippen LogP contribution in [0.3, 0.4) is 0 Å². The minimum absolute atomic E-state index is 0. The predicted octanol–water partition coefficient (Wildman–Crippen LogP) is 24.2. The Bertz CT molecular complexity index is 5800. The van der Waals surface area contributed by atoms with Gasteiger partial charge in [-0.05, 0) is 177 Å². The minimum Gasteiger partial charge on any atom is -0.457 e. The molecule has 37 heteroatoms. The molecule has 1 aliphatic carbocycles. The molecule has 8 unspecified atom stereocenters. The third kappa shape index (κ3) is 31.5. The van der Waals surface area contributed by atoms with Gasteiger partial charge in [0.2, 0.25) is 11.6 Å². The van der Waals surface area contributed by atoms with Crippen LogP contribution in [0.5, 0.6) is 11.5 Å². The molecule has 17 rings (SSSR count). The third-order valence-electron chi connectivity index (χ3n) is 22.8. The first-order valence-corrected chi connectivity index (χ1v) is 48.4. The van der Waals surface area contributed by atoms with Crippen LogP contribution >= 0.6 is 92.8 Å². The zero-order valence-corrected chi connectivity index (χ0v) is 80.0. The summed E-state index contributed by atoms with van der Waals surface area (Å²) in [7, 11) is -2.22. The van der Waals surface area contributed by atoms with E-state index >= 15 is 0 Å². The third-order valence-corrected chi connectivity index (χ3v) is 29.1. The number of nitrogens with zero attached hydrogens (tertiary/aromatic N) is 19. The molecule has 8 aromatic carbocycles. The number of hydrogen-bond acceptors (Lipinski definition) is 20. The predicted molar refractivity (Wildman–Crippen MR) is 545 cm³/mol. The molecule has 26 nitrogen and oxygen atoms in total. The van der Waals surface area contributed by atoms with Crippen LogP contribution in [0.2, 0.25) is 46.7 Å². The van der Waals surface area contributed by atoms with Gasteiger partial charge in [0.15, 0.2) is 0 Å². The van der Waals surface area contributed by atoms with Crippen LogP contribution in [-0.4, -0.2) is 132 Å². The van der Waals surface area contributed by atoms with Gasteiger partial charge in [0.25, 0.3) is 0 Å². The fraction of sp³-hybridized carbons (Fsp3) is 0.390. The fourth-order valence-electron chi connectivity index (χ4n) is 15.6. The van der Waals surface area contributed by atoms with E-state index in [1.54, 1.807) is 127 Å². The van der Waals surface area contributed by atoms with Crippen molar-refractivity contribution in [3.63, 3.8) is 0 Å². The second-order valence-electron chi connectivity index (χ2n) is 32.4. The lowest BCUT2D eigenvalue weighted by atomic mass is 9.77. The van der Waals surface area contributed by atoms with E-state index in [0.29, 0.717) is 127 Å². The van der Waals surface area contributed by atoms with Crippen LogP contribution in [0.15, 0.2) is 252 Å². The Kier molecular flexibility index (Phi) is 46.1. The summed E-state index contributed by atoms with van der Waals surface area (Å²) in [5.74, 6) is -0.486. The van der Waals surface area contributed by atoms with Gasteiger partial charge in [0.1, 0.15) is 137 Å². The molecule has 2 N–H and O–H groups in total. The van der Waals surface area contributed by atoms with Gasteiger partial charge in [-0.2, -0.15) is 35.9 Å². The second kappa shape index (κ2) is 54.6. The van der Waals surface area contributed by atoms with Crippen molar-refractivity contribution in [1.82, 2.24) is 88.6 Å². The SMILES string of the molecule is C.C.C.C.C.C.CC(C1CC1)C(O)(Cn1cncn1)c1ccc(Cl)cc1.CC1COC(Cn2cncn2)(c2ccc(Oc3ccc(Cl)cc3)cc2Cl)O1.CCCC1COC(Cn2cncn2)(c2ccc(Cl)cc2Cl)O1.CCCCC(C#N)(Cn1cncn1)c1ccc(Cl)cc1.CCCCC(O)(Cn1cncn1)c1ccc(Cl)cc1Cl.C[Si](Cn1cncn1)(c1ccc(F)cc1)c1ccc(F)cc1. The van der Waals surface area contributed by atoms with Gasteiger partial charge >= 0.3 is 0 Å². The maximum absolute atomic E-state index is 13.2. The number of halogens is 10. The number of nitriles is 1. The second-order valence-corrected chi connectivity index (χ2v) is 40.0. The molecular weight excluding hydrogens is 1930 g/mol. The summed E-state index contributed by atoms with van der Waals surface area (Å²) in [5, 5.41) is 63.6. The average molecular weight is 2050 g/mol. The van der Waals surface area contributed by atoms with Crippen molar-refractivity contribution in [2.24, 2.45) is 11.8 Å². The highest BCUT2D eigenvalue weighted by atomic mass is 35.5. The van der Waals surface area contributed by atoms with Crippen molar-refractivity contribution >= 4 is 111 Å². The largest absolute Gasteiger partial charge is 0.457 e. The number of rotatable bonds is 31. The Morgan fingerprint density at radius 2 is 0.883 bits per heavy atom. The first kappa shape index (κ1) is 116. The van der Waals surface area contributed by atoms with E-state index in [0.717, 1.165) is 72.0 Å². The van der Waals surface area contributed by atoms with Crippen LogP contribution < -0.4 is 15.1 Å². The lowest BCUT2D eigenvalue weighted by Crippen LogP contribution is -2.59. The van der Waals surface area contributed by atoms with Crippen molar-refractivity contribution in [1.29, 1.82) is 5.26 Å². The summed E-state index contributed by atoms with van der Waals surface area (Å²) in [4.78, 5) is 23.7. The maximum atomic E-state index is 13.2. The summed E-state index contributed by atoms with van der Waals surface area (Å²) in [6.07, 6.45) is 28.9. The molecule has 2 aliphatic heterocycles. The highest BCUT2D eigenvalue weighted by molar-refractivity contribution is 7.00. The summed E-state index contributed by atoms with van der Waals surface area (Å²) in [5.41, 5.74) is 1.40. The van der Waals surface area contributed by atoms with Crippen LogP contribution in [0, 0.1) is 34.8 Å². The van der Waals surface area contributed by atoms with Crippen LogP contribution in [0.4, 0.5) is 8.78 Å². The van der Waals surface area contributed by atoms with Gasteiger partial charge < -0.3 is 33.9 Å². The summed E-state index contributed by atoms with van der Waals surface area (Å²) < 4.78 is 66.9. The monoisotopic (exact) mass is 2050 g/mol. The zero-order valence-electron chi connectivity index (χ0n) is 72.9. The number of ether oxygens (including phenoxy) is 5. The van der Waals surface area contributed by atoms with Crippen molar-refractivity contribution in [2.75, 3.05) is 13.2 Å². The van der Waals surface area contributed by atoms with Gasteiger partial charge in [-0.1, -0.05) is 275 Å². The van der Waals surface area contributed by atoms with E-state index in [4.69, 9.17) is 116 Å². The quantitative estimate of drug-likeness (QED) is 0.0382. The summed E-state index contributed by atoms with van der Waals surface area (Å²) >= 11 is 48.9. The molecule has 6 aromatic heterocycles. The van der Waals surface area contributed by atoms with E-state index in [1.807, 2.05) is 97.9 Å². The van der Waals surface area contributed by atoms with Crippen molar-refractivity contribution in [3.05, 3.63) is 331 Å². The number of hydrogen-bond donors (Lipinski definition) is 2. The van der Waals surface area contributed by atoms with E-state index in [2.05, 4.69) is 101 Å². The van der Waals surface area contributed by atoms with E-state index in [9.17, 15) is 24.3 Å². The molecule has 2 saturated heterocycles. The lowest BCUT2D eigenvalue weighted by Gasteiger charge is -2.35. The number of benzene rings is 8. The van der Waals surface area contributed by atoms with E-state index < -0.39 is 36.3 Å². The minimum atomic E-state index is -2.22. The molecular formula is C100H125Cl8F2N19O7Si. The highest BCUT2D eigenvalue weighted by Gasteiger charge is 2.48. The number of aromatic nitrogens is 18. The molecule has 1 saturated carbocycles. The van der Waals surface area contributed by atoms with Gasteiger partial charge in [-0.25, -0.2) is 57.4 Å². The zero-order chi connectivity index (χ0) is 93.2. The lowest BCUT2D eigenvalue weighted by molar-refractivity contribution is -0.189. The highest BCUT2D eigenvalue weighted by Crippen LogP contribution is 2.48. The molecule has 0 spiro atoms. The Morgan fingerprint density at radius 3 is 1.32 bits per heavy atom. The van der Waals surface area contributed by atoms with Crippen molar-refractivity contribution < 1.29 is 42.7 Å². The van der Waals surface area contributed by atoms with Crippen LogP contribution in [-0.2, 0) is 86.0 Å². The standard InChI is InChI=1S/C19H17Cl2N3O3.C16H15F2N3Si.C15H17Cl2N3O2.C15H17ClN4.C15H18ClN3O.C14H17Cl2N3O.6CH4/c1-13-9-25-19(27-13,10-24-12-22-11-23-24)17-7-6-16(8-18(17)21)26-15-4-2-14(20)3-5-15;1-22(12-21-11-19-10-20-21,15-6-2-13(17)3-7-15)16-8-4-14(18)5-9-16;1-2-3-12-7-21-15(22-12,8-20-10-18-9-19-20)13-5-4-11(16)6-14(13)17;1-2-3-8-15(9-17,10-20-12-18-11-19-20)13-4-6-14(16)7-5-13;1-11(12-2-3-12)15(20,8-19-10-17-9-18-19)13-4-6-14(16)7-5-13;1-2-3-6-14(20,8-19-10-17-9-18-19)12-5-4-11(15)7-13(12)16;;;;;;/h2-8,11-13H,9-10H2,1H3;2-11H,12H2,1H3;4-6,9-10,12H,2-3,7-8H2,1H3;4-7,11-12H,2-3,8,10H2,1H3;4-7,9-12,20H,2-3,8H2,1H3;4-5,7,9-10,20H,2-3,6,8H2,1H3;6*1H4. The molecule has 0 amide bonds. The van der Waals surface area contributed by atoms with E-state index in [-0.39, 0.29) is 74.3 Å². The van der Waals surface area contributed by atoms with E-state index in [1.165, 1.54) is 75.1 Å². The Labute approximate surface area is 844 Å². The van der Waals surface area contributed by atoms with Crippen LogP contribution in [0.25, 0.3) is 0 Å². The molecule has 0 radical (unpaired) electrons. The topological polar surface area (TPSA) is 295 Å². The van der Waals surface area contributed by atoms with Crippen LogP contribution in [0.1, 0.15) is 171 Å². The molecule has 0 bridgehead atoms. The molecule has 3 aliphatic rings. The molecule has 3 fully saturated rings. The number of aliphatic hydroxyl groups is 2. The van der Waals surface area contributed by atoms with Gasteiger partial charge in [0, 0.05) is 53.0 Å². The Hall–Kier alpha value is -9.95. The summed E-state index contributed by atoms with van der Waals surface area (Å²) in [6.45, 7) is 15.5. The van der Waals surface area contributed by atoms with Gasteiger partial charge in [-0.15, -0.1) is 0 Å². The summed E-state index contributed by atoms with van der Waals surface area (Å²) in [6, 6.07) is 53.6. The molecule has 14 aromatic rings. The Balaban J connectivity index is 0.000000251. The van der Waals surface area contributed by atoms with Crippen molar-refractivity contribution in [2.45, 2.75) is 229 Å². The van der Waals surface area contributed by atoms with Crippen molar-refractivity contribution in [3.8, 4) is 17.6 Å². The first-order valence-electron chi connectivity index (χ1n) is 42.7. The smallest absolute Gasteiger partial charge is 0.217 e. The number of unbranched alkanes of at least 4 members (excludes halogenated alkanes) is 2. The molecule has 736 valence electrons.